The number of hydrogen-bond acceptors (Lipinski definition) is 3. The van der Waals surface area contributed by atoms with Crippen molar-refractivity contribution < 1.29 is 13.3 Å². The van der Waals surface area contributed by atoms with Gasteiger partial charge in [0.05, 0.1) is 23.7 Å². The van der Waals surface area contributed by atoms with E-state index >= 15 is 0 Å². The topological polar surface area (TPSA) is 52.3 Å². The molecule has 2 rings (SSSR count). The lowest BCUT2D eigenvalue weighted by Crippen LogP contribution is -2.01. The van der Waals surface area contributed by atoms with Crippen molar-refractivity contribution in [3.63, 3.8) is 0 Å². The number of ether oxygens (including phenoxy) is 1. The molecule has 0 heterocycles. The number of benzene rings is 2. The van der Waals surface area contributed by atoms with Crippen molar-refractivity contribution in [2.75, 3.05) is 12.8 Å². The number of rotatable bonds is 4. The predicted octanol–water partition coefficient (Wildman–Crippen LogP) is 3.49. The van der Waals surface area contributed by atoms with Gasteiger partial charge in [0.25, 0.3) is 0 Å². The Labute approximate surface area is 127 Å². The molecule has 0 spiro atoms. The van der Waals surface area contributed by atoms with Gasteiger partial charge in [-0.3, -0.25) is 4.21 Å². The number of methoxy groups -OCH3 is 1. The van der Waals surface area contributed by atoms with E-state index in [-0.39, 0.29) is 11.4 Å². The van der Waals surface area contributed by atoms with Crippen molar-refractivity contribution in [2.45, 2.75) is 10.6 Å². The monoisotopic (exact) mass is 357 g/mol. The van der Waals surface area contributed by atoms with E-state index in [0.717, 1.165) is 10.0 Å². The second kappa shape index (κ2) is 6.37. The summed E-state index contributed by atoms with van der Waals surface area (Å²) in [5, 5.41) is 0. The van der Waals surface area contributed by atoms with E-state index in [1.807, 2.05) is 12.1 Å². The summed E-state index contributed by atoms with van der Waals surface area (Å²) in [5.41, 5.74) is 6.60. The van der Waals surface area contributed by atoms with Gasteiger partial charge in [-0.1, -0.05) is 15.9 Å². The van der Waals surface area contributed by atoms with Gasteiger partial charge in [0.2, 0.25) is 0 Å². The Hall–Kier alpha value is -1.40. The van der Waals surface area contributed by atoms with E-state index in [1.165, 1.54) is 18.2 Å². The average molecular weight is 358 g/mol. The number of anilines is 1. The molecule has 0 saturated heterocycles. The molecule has 1 unspecified atom stereocenters. The first-order valence-corrected chi connectivity index (χ1v) is 7.87. The first-order valence-electron chi connectivity index (χ1n) is 5.76. The summed E-state index contributed by atoms with van der Waals surface area (Å²) in [6.07, 6.45) is 0. The normalized spacial score (nSPS) is 12.2. The summed E-state index contributed by atoms with van der Waals surface area (Å²) in [6, 6.07) is 9.41. The molecule has 6 heteroatoms. The van der Waals surface area contributed by atoms with E-state index in [4.69, 9.17) is 10.5 Å². The Balaban J connectivity index is 2.29. The van der Waals surface area contributed by atoms with E-state index < -0.39 is 16.6 Å². The second-order valence-electron chi connectivity index (χ2n) is 4.17. The summed E-state index contributed by atoms with van der Waals surface area (Å²) < 4.78 is 31.7. The number of halogens is 2. The largest absolute Gasteiger partial charge is 0.496 e. The Morgan fingerprint density at radius 1 is 1.30 bits per heavy atom. The lowest BCUT2D eigenvalue weighted by molar-refractivity contribution is 0.411. The summed E-state index contributed by atoms with van der Waals surface area (Å²) in [4.78, 5) is 0.365. The summed E-state index contributed by atoms with van der Waals surface area (Å²) in [7, 11) is 0.155. The molecule has 0 fully saturated rings. The van der Waals surface area contributed by atoms with Gasteiger partial charge in [0.1, 0.15) is 11.6 Å². The Morgan fingerprint density at radius 3 is 2.70 bits per heavy atom. The van der Waals surface area contributed by atoms with Crippen LogP contribution in [0.5, 0.6) is 5.75 Å². The minimum atomic E-state index is -1.40. The standard InChI is InChI=1S/C14H13BrFNO2S/c1-19-14-3-2-10(15)4-9(14)8-20(18)13-6-11(16)5-12(17)7-13/h2-7H,8,17H2,1H3. The maximum Gasteiger partial charge on any atom is 0.126 e. The van der Waals surface area contributed by atoms with E-state index in [2.05, 4.69) is 15.9 Å². The molecule has 2 N–H and O–H groups in total. The molecule has 2 aromatic rings. The maximum absolute atomic E-state index is 13.3. The van der Waals surface area contributed by atoms with Gasteiger partial charge in [-0.25, -0.2) is 4.39 Å². The van der Waals surface area contributed by atoms with Gasteiger partial charge in [0.15, 0.2) is 0 Å². The van der Waals surface area contributed by atoms with Crippen molar-refractivity contribution in [2.24, 2.45) is 0 Å². The smallest absolute Gasteiger partial charge is 0.126 e. The van der Waals surface area contributed by atoms with Crippen LogP contribution in [-0.2, 0) is 16.6 Å². The van der Waals surface area contributed by atoms with Crippen LogP contribution in [0, 0.1) is 5.82 Å². The van der Waals surface area contributed by atoms with Gasteiger partial charge in [0, 0.05) is 20.6 Å². The lowest BCUT2D eigenvalue weighted by Gasteiger charge is -2.09. The number of nitrogens with two attached hydrogens (primary N) is 1. The molecular weight excluding hydrogens is 345 g/mol. The molecule has 3 nitrogen and oxygen atoms in total. The van der Waals surface area contributed by atoms with E-state index in [9.17, 15) is 8.60 Å². The zero-order valence-electron chi connectivity index (χ0n) is 10.7. The van der Waals surface area contributed by atoms with Gasteiger partial charge in [-0.2, -0.15) is 0 Å². The number of nitrogen functional groups attached to an aromatic ring is 1. The molecule has 106 valence electrons. The number of hydrogen-bond donors (Lipinski definition) is 1. The molecular formula is C14H13BrFNO2S. The third-order valence-corrected chi connectivity index (χ3v) is 4.51. The maximum atomic E-state index is 13.3. The molecule has 0 aliphatic heterocycles. The van der Waals surface area contributed by atoms with E-state index in [0.29, 0.717) is 10.6 Å². The Bertz CT molecular complexity index is 643. The van der Waals surface area contributed by atoms with Gasteiger partial charge >= 0.3 is 0 Å². The molecule has 0 aliphatic rings. The fraction of sp³-hybridized carbons (Fsp3) is 0.143. The predicted molar refractivity (Wildman–Crippen MR) is 81.6 cm³/mol. The minimum Gasteiger partial charge on any atom is -0.496 e. The minimum absolute atomic E-state index is 0.228. The first kappa shape index (κ1) is 15.0. The highest BCUT2D eigenvalue weighted by Crippen LogP contribution is 2.26. The fourth-order valence-electron chi connectivity index (χ4n) is 1.80. The Morgan fingerprint density at radius 2 is 2.05 bits per heavy atom. The summed E-state index contributed by atoms with van der Waals surface area (Å²) >= 11 is 3.36. The van der Waals surface area contributed by atoms with E-state index in [1.54, 1.807) is 13.2 Å². The lowest BCUT2D eigenvalue weighted by atomic mass is 10.2. The third-order valence-electron chi connectivity index (χ3n) is 2.69. The van der Waals surface area contributed by atoms with Crippen LogP contribution in [0.1, 0.15) is 5.56 Å². The first-order chi connectivity index (χ1) is 9.49. The van der Waals surface area contributed by atoms with Crippen LogP contribution in [0.25, 0.3) is 0 Å². The van der Waals surface area contributed by atoms with Crippen LogP contribution in [0.4, 0.5) is 10.1 Å². The molecule has 0 amide bonds. The van der Waals surface area contributed by atoms with Crippen LogP contribution in [0.15, 0.2) is 45.8 Å². The van der Waals surface area contributed by atoms with Crippen molar-refractivity contribution in [1.29, 1.82) is 0 Å². The zero-order chi connectivity index (χ0) is 14.7. The quantitative estimate of drug-likeness (QED) is 0.852. The molecule has 1 atom stereocenters. The molecule has 0 saturated carbocycles. The highest BCUT2D eigenvalue weighted by atomic mass is 79.9. The molecule has 0 aliphatic carbocycles. The molecule has 2 aromatic carbocycles. The fourth-order valence-corrected chi connectivity index (χ4v) is 3.40. The highest BCUT2D eigenvalue weighted by molar-refractivity contribution is 9.10. The Kier molecular flexibility index (Phi) is 4.77. The second-order valence-corrected chi connectivity index (χ2v) is 6.53. The van der Waals surface area contributed by atoms with Crippen molar-refractivity contribution >= 4 is 32.4 Å². The SMILES string of the molecule is COc1ccc(Br)cc1CS(=O)c1cc(N)cc(F)c1. The summed E-state index contributed by atoms with van der Waals surface area (Å²) in [6.45, 7) is 0. The van der Waals surface area contributed by atoms with Crippen molar-refractivity contribution in [3.8, 4) is 5.75 Å². The van der Waals surface area contributed by atoms with Crippen molar-refractivity contribution in [1.82, 2.24) is 0 Å². The highest BCUT2D eigenvalue weighted by Gasteiger charge is 2.11. The third kappa shape index (κ3) is 3.58. The molecule has 20 heavy (non-hydrogen) atoms. The van der Waals surface area contributed by atoms with Crippen LogP contribution in [0.2, 0.25) is 0 Å². The van der Waals surface area contributed by atoms with Gasteiger partial charge in [-0.15, -0.1) is 0 Å². The van der Waals surface area contributed by atoms with Crippen LogP contribution in [-0.4, -0.2) is 11.3 Å². The van der Waals surface area contributed by atoms with Crippen LogP contribution in [0.3, 0.4) is 0 Å². The van der Waals surface area contributed by atoms with Gasteiger partial charge in [-0.05, 0) is 36.4 Å². The van der Waals surface area contributed by atoms with Gasteiger partial charge < -0.3 is 10.5 Å². The van der Waals surface area contributed by atoms with Crippen LogP contribution >= 0.6 is 15.9 Å². The molecule has 0 aromatic heterocycles. The van der Waals surface area contributed by atoms with Crippen LogP contribution < -0.4 is 10.5 Å². The molecule has 0 bridgehead atoms. The zero-order valence-corrected chi connectivity index (χ0v) is 13.1. The molecule has 0 radical (unpaired) electrons. The average Bonchev–Trinajstić information content (AvgIpc) is 2.37. The summed E-state index contributed by atoms with van der Waals surface area (Å²) in [5.74, 6) is 0.381. The van der Waals surface area contributed by atoms with Crippen molar-refractivity contribution in [3.05, 3.63) is 52.3 Å².